The van der Waals surface area contributed by atoms with Gasteiger partial charge in [0.1, 0.15) is 0 Å². The summed E-state index contributed by atoms with van der Waals surface area (Å²) in [5, 5.41) is 0. The molecule has 0 unspecified atom stereocenters. The number of hydrazine groups is 1. The van der Waals surface area contributed by atoms with Crippen LogP contribution in [0, 0.1) is 0 Å². The van der Waals surface area contributed by atoms with Crippen molar-refractivity contribution in [2.75, 3.05) is 5.43 Å². The van der Waals surface area contributed by atoms with Crippen LogP contribution >= 0.6 is 0 Å². The fraction of sp³-hybridized carbons (Fsp3) is 0.500. The highest BCUT2D eigenvalue weighted by atomic mass is 32.2. The van der Waals surface area contributed by atoms with Gasteiger partial charge in [0.15, 0.2) is 0 Å². The van der Waals surface area contributed by atoms with Crippen LogP contribution in [0.3, 0.4) is 0 Å². The van der Waals surface area contributed by atoms with Gasteiger partial charge in [0.25, 0.3) is 0 Å². The number of nitrogens with one attached hydrogen (secondary N) is 2. The summed E-state index contributed by atoms with van der Waals surface area (Å²) in [6.07, 6.45) is 5.27. The van der Waals surface area contributed by atoms with Gasteiger partial charge in [-0.2, -0.15) is 0 Å². The average molecular weight is 269 g/mol. The van der Waals surface area contributed by atoms with Crippen molar-refractivity contribution in [3.8, 4) is 0 Å². The standard InChI is InChI=1S/C12H19N3O2S/c13-14-10-6-8-12(9-7-10)18(16,17)15-11-4-2-1-3-5-11/h6-9,11,14-15H,1-5,13H2. The Morgan fingerprint density at radius 2 is 1.67 bits per heavy atom. The molecule has 1 saturated carbocycles. The summed E-state index contributed by atoms with van der Waals surface area (Å²) in [7, 11) is -3.40. The fourth-order valence-electron chi connectivity index (χ4n) is 2.24. The average Bonchev–Trinajstić information content (AvgIpc) is 2.39. The van der Waals surface area contributed by atoms with Crippen LogP contribution in [0.4, 0.5) is 5.69 Å². The molecule has 5 nitrogen and oxygen atoms in total. The Balaban J connectivity index is 2.08. The van der Waals surface area contributed by atoms with Gasteiger partial charge in [-0.15, -0.1) is 0 Å². The van der Waals surface area contributed by atoms with Gasteiger partial charge in [0.05, 0.1) is 4.90 Å². The van der Waals surface area contributed by atoms with E-state index in [4.69, 9.17) is 5.84 Å². The minimum atomic E-state index is -3.40. The lowest BCUT2D eigenvalue weighted by Gasteiger charge is -2.22. The molecule has 1 fully saturated rings. The number of rotatable bonds is 4. The summed E-state index contributed by atoms with van der Waals surface area (Å²) >= 11 is 0. The van der Waals surface area contributed by atoms with Crippen LogP contribution < -0.4 is 16.0 Å². The zero-order valence-corrected chi connectivity index (χ0v) is 11.0. The maximum Gasteiger partial charge on any atom is 0.240 e. The van der Waals surface area contributed by atoms with Crippen LogP contribution in [-0.4, -0.2) is 14.5 Å². The van der Waals surface area contributed by atoms with Gasteiger partial charge in [-0.25, -0.2) is 13.1 Å². The van der Waals surface area contributed by atoms with Gasteiger partial charge >= 0.3 is 0 Å². The summed E-state index contributed by atoms with van der Waals surface area (Å²) in [5.74, 6) is 5.24. The Labute approximate surface area is 108 Å². The van der Waals surface area contributed by atoms with Gasteiger partial charge in [-0.05, 0) is 37.1 Å². The fourth-order valence-corrected chi connectivity index (χ4v) is 3.54. The number of nitrogens with two attached hydrogens (primary N) is 1. The van der Waals surface area contributed by atoms with E-state index in [1.807, 2.05) is 0 Å². The highest BCUT2D eigenvalue weighted by molar-refractivity contribution is 7.89. The largest absolute Gasteiger partial charge is 0.324 e. The first-order valence-corrected chi connectivity index (χ1v) is 7.69. The number of hydrogen-bond donors (Lipinski definition) is 3. The van der Waals surface area contributed by atoms with Crippen molar-refractivity contribution in [1.29, 1.82) is 0 Å². The molecule has 18 heavy (non-hydrogen) atoms. The maximum absolute atomic E-state index is 12.1. The molecule has 0 bridgehead atoms. The van der Waals surface area contributed by atoms with Crippen molar-refractivity contribution in [2.45, 2.75) is 43.0 Å². The lowest BCUT2D eigenvalue weighted by molar-refractivity contribution is 0.412. The zero-order valence-electron chi connectivity index (χ0n) is 10.2. The van der Waals surface area contributed by atoms with Gasteiger partial charge in [-0.1, -0.05) is 19.3 Å². The normalized spacial score (nSPS) is 17.6. The third-order valence-corrected chi connectivity index (χ3v) is 4.79. The Bertz CT molecular complexity index is 479. The van der Waals surface area contributed by atoms with E-state index in [0.29, 0.717) is 5.69 Å². The van der Waals surface area contributed by atoms with Crippen molar-refractivity contribution >= 4 is 15.7 Å². The summed E-state index contributed by atoms with van der Waals surface area (Å²) in [6, 6.07) is 6.49. The molecule has 4 N–H and O–H groups in total. The molecular formula is C12H19N3O2S. The van der Waals surface area contributed by atoms with Gasteiger partial charge in [-0.3, -0.25) is 5.84 Å². The predicted molar refractivity (Wildman–Crippen MR) is 71.4 cm³/mol. The number of anilines is 1. The molecular weight excluding hydrogens is 250 g/mol. The molecule has 100 valence electrons. The molecule has 0 atom stereocenters. The molecule has 1 aromatic carbocycles. The molecule has 0 aliphatic heterocycles. The number of benzene rings is 1. The summed E-state index contributed by atoms with van der Waals surface area (Å²) in [4.78, 5) is 0.284. The lowest BCUT2D eigenvalue weighted by atomic mass is 9.96. The first kappa shape index (κ1) is 13.3. The second kappa shape index (κ2) is 5.69. The van der Waals surface area contributed by atoms with Crippen molar-refractivity contribution in [1.82, 2.24) is 4.72 Å². The Morgan fingerprint density at radius 3 is 2.22 bits per heavy atom. The number of sulfonamides is 1. The minimum absolute atomic E-state index is 0.0797. The SMILES string of the molecule is NNc1ccc(S(=O)(=O)NC2CCCCC2)cc1. The molecule has 1 aliphatic rings. The Kier molecular flexibility index (Phi) is 4.21. The molecule has 0 saturated heterocycles. The van der Waals surface area contributed by atoms with Crippen LogP contribution in [0.25, 0.3) is 0 Å². The molecule has 2 rings (SSSR count). The molecule has 6 heteroatoms. The van der Waals surface area contributed by atoms with Crippen LogP contribution in [-0.2, 0) is 10.0 Å². The molecule has 1 aromatic rings. The Hall–Kier alpha value is -1.11. The molecule has 1 aliphatic carbocycles. The molecule has 0 amide bonds. The molecule has 0 radical (unpaired) electrons. The molecule has 0 spiro atoms. The van der Waals surface area contributed by atoms with Crippen molar-refractivity contribution in [3.05, 3.63) is 24.3 Å². The molecule has 0 heterocycles. The highest BCUT2D eigenvalue weighted by Crippen LogP contribution is 2.20. The summed E-state index contributed by atoms with van der Waals surface area (Å²) < 4.78 is 27.0. The van der Waals surface area contributed by atoms with Crippen molar-refractivity contribution in [2.24, 2.45) is 5.84 Å². The smallest absolute Gasteiger partial charge is 0.240 e. The van der Waals surface area contributed by atoms with Gasteiger partial charge < -0.3 is 5.43 Å². The van der Waals surface area contributed by atoms with Crippen LogP contribution in [0.1, 0.15) is 32.1 Å². The molecule has 0 aromatic heterocycles. The van der Waals surface area contributed by atoms with Gasteiger partial charge in [0, 0.05) is 11.7 Å². The van der Waals surface area contributed by atoms with Gasteiger partial charge in [0.2, 0.25) is 10.0 Å². The van der Waals surface area contributed by atoms with E-state index in [-0.39, 0.29) is 10.9 Å². The third kappa shape index (κ3) is 3.22. The monoisotopic (exact) mass is 269 g/mol. The first-order valence-electron chi connectivity index (χ1n) is 6.21. The van der Waals surface area contributed by atoms with E-state index in [0.717, 1.165) is 25.7 Å². The van der Waals surface area contributed by atoms with E-state index in [1.165, 1.54) is 6.42 Å². The van der Waals surface area contributed by atoms with Crippen LogP contribution in [0.15, 0.2) is 29.2 Å². The van der Waals surface area contributed by atoms with E-state index in [1.54, 1.807) is 24.3 Å². The summed E-state index contributed by atoms with van der Waals surface area (Å²) in [6.45, 7) is 0. The van der Waals surface area contributed by atoms with Crippen LogP contribution in [0.5, 0.6) is 0 Å². The quantitative estimate of drug-likeness (QED) is 0.572. The van der Waals surface area contributed by atoms with E-state index in [2.05, 4.69) is 10.1 Å². The number of hydrogen-bond acceptors (Lipinski definition) is 4. The van der Waals surface area contributed by atoms with Crippen molar-refractivity contribution in [3.63, 3.8) is 0 Å². The second-order valence-corrected chi connectivity index (χ2v) is 6.34. The lowest BCUT2D eigenvalue weighted by Crippen LogP contribution is -2.36. The third-order valence-electron chi connectivity index (χ3n) is 3.26. The second-order valence-electron chi connectivity index (χ2n) is 4.62. The van der Waals surface area contributed by atoms with E-state index < -0.39 is 10.0 Å². The topological polar surface area (TPSA) is 84.2 Å². The van der Waals surface area contributed by atoms with Crippen LogP contribution in [0.2, 0.25) is 0 Å². The number of nitrogen functional groups attached to an aromatic ring is 1. The predicted octanol–water partition coefficient (Wildman–Crippen LogP) is 1.58. The van der Waals surface area contributed by atoms with Crippen molar-refractivity contribution < 1.29 is 8.42 Å². The van der Waals surface area contributed by atoms with E-state index in [9.17, 15) is 8.42 Å². The maximum atomic E-state index is 12.1. The first-order chi connectivity index (χ1) is 8.62. The minimum Gasteiger partial charge on any atom is -0.324 e. The van der Waals surface area contributed by atoms with E-state index >= 15 is 0 Å². The highest BCUT2D eigenvalue weighted by Gasteiger charge is 2.21. The zero-order chi connectivity index (χ0) is 13.0. The summed E-state index contributed by atoms with van der Waals surface area (Å²) in [5.41, 5.74) is 3.16. The Morgan fingerprint density at radius 1 is 1.06 bits per heavy atom.